The van der Waals surface area contributed by atoms with Crippen molar-refractivity contribution < 1.29 is 18.3 Å². The molecule has 3 rings (SSSR count). The predicted molar refractivity (Wildman–Crippen MR) is 106 cm³/mol. The molecule has 9 heteroatoms. The Balaban J connectivity index is 2.43. The fraction of sp³-hybridized carbons (Fsp3) is 0.167. The van der Waals surface area contributed by atoms with Crippen LogP contribution in [-0.4, -0.2) is 31.7 Å². The summed E-state index contributed by atoms with van der Waals surface area (Å²) in [5, 5.41) is 11.0. The van der Waals surface area contributed by atoms with E-state index in [-0.39, 0.29) is 45.9 Å². The lowest BCUT2D eigenvalue weighted by atomic mass is 10.1. The van der Waals surface area contributed by atoms with Crippen LogP contribution in [0.3, 0.4) is 0 Å². The highest BCUT2D eigenvalue weighted by Crippen LogP contribution is 2.47. The molecular weight excluding hydrogens is 411 g/mol. The van der Waals surface area contributed by atoms with Crippen LogP contribution in [-0.2, 0) is 10.0 Å². The lowest BCUT2D eigenvalue weighted by Crippen LogP contribution is -2.36. The third-order valence-electron chi connectivity index (χ3n) is 3.85. The van der Waals surface area contributed by atoms with Crippen LogP contribution in [0, 0.1) is 12.3 Å². The largest absolute Gasteiger partial charge is 0.506 e. The SMILES string of the molecule is C#CCN1c2ncccc2C(O)=C(c2c(Cl)ccc(Cl)c2OCC)S1(=O)=O. The number of aromatic nitrogens is 1. The van der Waals surface area contributed by atoms with Gasteiger partial charge in [-0.25, -0.2) is 17.7 Å². The van der Waals surface area contributed by atoms with E-state index >= 15 is 0 Å². The van der Waals surface area contributed by atoms with E-state index in [0.717, 1.165) is 4.31 Å². The van der Waals surface area contributed by atoms with Gasteiger partial charge in [0.2, 0.25) is 0 Å². The van der Waals surface area contributed by atoms with Gasteiger partial charge in [-0.2, -0.15) is 0 Å². The highest BCUT2D eigenvalue weighted by atomic mass is 35.5. The molecule has 0 spiro atoms. The number of rotatable bonds is 4. The van der Waals surface area contributed by atoms with Gasteiger partial charge in [-0.3, -0.25) is 0 Å². The second kappa shape index (κ2) is 7.31. The number of aliphatic hydroxyl groups is 1. The average molecular weight is 425 g/mol. The minimum absolute atomic E-state index is 0.0277. The van der Waals surface area contributed by atoms with Gasteiger partial charge < -0.3 is 9.84 Å². The standard InChI is InChI=1S/C18H14Cl2N2O4S/c1-3-10-22-18-11(6-5-9-21-18)15(23)17(27(22,24)25)14-12(19)7-8-13(20)16(14)26-4-2/h1,5-9,23H,4,10H2,2H3. The Labute approximate surface area is 167 Å². The summed E-state index contributed by atoms with van der Waals surface area (Å²) >= 11 is 12.5. The molecule has 0 fully saturated rings. The first-order chi connectivity index (χ1) is 12.8. The molecule has 6 nitrogen and oxygen atoms in total. The molecule has 1 aliphatic heterocycles. The van der Waals surface area contributed by atoms with Crippen molar-refractivity contribution in [2.24, 2.45) is 0 Å². The number of anilines is 1. The second-order valence-electron chi connectivity index (χ2n) is 5.43. The number of hydrogen-bond acceptors (Lipinski definition) is 5. The van der Waals surface area contributed by atoms with Crippen molar-refractivity contribution in [3.8, 4) is 18.1 Å². The van der Waals surface area contributed by atoms with Gasteiger partial charge in [-0.15, -0.1) is 6.42 Å². The summed E-state index contributed by atoms with van der Waals surface area (Å²) in [4.78, 5) is 3.62. The molecule has 27 heavy (non-hydrogen) atoms. The van der Waals surface area contributed by atoms with Crippen molar-refractivity contribution in [3.05, 3.63) is 51.6 Å². The van der Waals surface area contributed by atoms with Crippen molar-refractivity contribution in [1.82, 2.24) is 4.98 Å². The molecule has 140 valence electrons. The zero-order valence-corrected chi connectivity index (χ0v) is 16.4. The van der Waals surface area contributed by atoms with E-state index in [1.54, 1.807) is 13.0 Å². The molecule has 1 aliphatic rings. The Morgan fingerprint density at radius 2 is 2.00 bits per heavy atom. The van der Waals surface area contributed by atoms with Crippen LogP contribution in [0.4, 0.5) is 5.82 Å². The molecule has 2 heterocycles. The van der Waals surface area contributed by atoms with Crippen LogP contribution in [0.15, 0.2) is 30.5 Å². The number of fused-ring (bicyclic) bond motifs is 1. The fourth-order valence-corrected chi connectivity index (χ4v) is 4.93. The topological polar surface area (TPSA) is 79.7 Å². The molecule has 0 aliphatic carbocycles. The predicted octanol–water partition coefficient (Wildman–Crippen LogP) is 3.95. The quantitative estimate of drug-likeness (QED) is 0.751. The number of pyridine rings is 1. The van der Waals surface area contributed by atoms with Crippen molar-refractivity contribution in [1.29, 1.82) is 0 Å². The molecule has 0 amide bonds. The summed E-state index contributed by atoms with van der Waals surface area (Å²) in [6.07, 6.45) is 6.76. The molecule has 0 bridgehead atoms. The van der Waals surface area contributed by atoms with Crippen LogP contribution >= 0.6 is 23.2 Å². The smallest absolute Gasteiger partial charge is 0.270 e. The Hall–Kier alpha value is -2.40. The van der Waals surface area contributed by atoms with Crippen LogP contribution in [0.5, 0.6) is 5.75 Å². The van der Waals surface area contributed by atoms with Crippen LogP contribution in [0.1, 0.15) is 18.1 Å². The summed E-state index contributed by atoms with van der Waals surface area (Å²) in [7, 11) is -4.29. The molecule has 0 radical (unpaired) electrons. The Morgan fingerprint density at radius 1 is 1.30 bits per heavy atom. The number of benzene rings is 1. The summed E-state index contributed by atoms with van der Waals surface area (Å²) in [6, 6.07) is 6.03. The van der Waals surface area contributed by atoms with Crippen molar-refractivity contribution >= 4 is 49.7 Å². The molecule has 0 unspecified atom stereocenters. The van der Waals surface area contributed by atoms with E-state index in [0.29, 0.717) is 0 Å². The molecular formula is C18H14Cl2N2O4S. The maximum absolute atomic E-state index is 13.3. The molecule has 1 aromatic carbocycles. The first kappa shape index (κ1) is 19.4. The van der Waals surface area contributed by atoms with Crippen molar-refractivity contribution in [2.75, 3.05) is 17.5 Å². The van der Waals surface area contributed by atoms with Crippen molar-refractivity contribution in [2.45, 2.75) is 6.92 Å². The lowest BCUT2D eigenvalue weighted by Gasteiger charge is -2.30. The van der Waals surface area contributed by atoms with Gasteiger partial charge in [0.25, 0.3) is 10.0 Å². The number of sulfonamides is 1. The molecule has 0 saturated heterocycles. The third-order valence-corrected chi connectivity index (χ3v) is 6.26. The Bertz CT molecular complexity index is 1090. The second-order valence-corrected chi connectivity index (χ2v) is 8.05. The number of ether oxygens (including phenoxy) is 1. The maximum Gasteiger partial charge on any atom is 0.270 e. The first-order valence-electron chi connectivity index (χ1n) is 7.80. The normalized spacial score (nSPS) is 15.3. The van der Waals surface area contributed by atoms with Crippen molar-refractivity contribution in [3.63, 3.8) is 0 Å². The third kappa shape index (κ3) is 3.10. The van der Waals surface area contributed by atoms with Gasteiger partial charge in [-0.1, -0.05) is 29.1 Å². The van der Waals surface area contributed by atoms with Crippen LogP contribution < -0.4 is 9.04 Å². The molecule has 0 saturated carbocycles. The minimum Gasteiger partial charge on any atom is -0.506 e. The number of halogens is 2. The monoisotopic (exact) mass is 424 g/mol. The Morgan fingerprint density at radius 3 is 2.67 bits per heavy atom. The van der Waals surface area contributed by atoms with Gasteiger partial charge in [0.05, 0.1) is 34.3 Å². The highest BCUT2D eigenvalue weighted by Gasteiger charge is 2.41. The zero-order valence-electron chi connectivity index (χ0n) is 14.1. The number of aliphatic hydroxyl groups excluding tert-OH is 1. The maximum atomic E-state index is 13.3. The van der Waals surface area contributed by atoms with Gasteiger partial charge in [-0.05, 0) is 31.2 Å². The first-order valence-corrected chi connectivity index (χ1v) is 10.00. The van der Waals surface area contributed by atoms with E-state index in [1.807, 2.05) is 0 Å². The molecule has 1 N–H and O–H groups in total. The molecule has 1 aromatic heterocycles. The van der Waals surface area contributed by atoms with Gasteiger partial charge in [0, 0.05) is 6.20 Å². The van der Waals surface area contributed by atoms with E-state index in [9.17, 15) is 13.5 Å². The van der Waals surface area contributed by atoms with Gasteiger partial charge in [0.1, 0.15) is 16.4 Å². The van der Waals surface area contributed by atoms with Gasteiger partial charge >= 0.3 is 0 Å². The van der Waals surface area contributed by atoms with E-state index in [1.165, 1.54) is 24.4 Å². The van der Waals surface area contributed by atoms with E-state index < -0.39 is 20.7 Å². The van der Waals surface area contributed by atoms with Crippen LogP contribution in [0.25, 0.3) is 10.7 Å². The Kier molecular flexibility index (Phi) is 5.24. The van der Waals surface area contributed by atoms with Gasteiger partial charge in [0.15, 0.2) is 5.82 Å². The van der Waals surface area contributed by atoms with E-state index in [2.05, 4.69) is 10.9 Å². The molecule has 0 atom stereocenters. The summed E-state index contributed by atoms with van der Waals surface area (Å²) in [5.41, 5.74) is 0.177. The number of terminal acetylenes is 1. The lowest BCUT2D eigenvalue weighted by molar-refractivity contribution is 0.339. The van der Waals surface area contributed by atoms with Crippen LogP contribution in [0.2, 0.25) is 10.0 Å². The summed E-state index contributed by atoms with van der Waals surface area (Å²) < 4.78 is 33.1. The average Bonchev–Trinajstić information content (AvgIpc) is 2.64. The molecule has 2 aromatic rings. The number of nitrogens with zero attached hydrogens (tertiary/aromatic N) is 2. The fourth-order valence-electron chi connectivity index (χ4n) is 2.77. The summed E-state index contributed by atoms with van der Waals surface area (Å²) in [6.45, 7) is 1.66. The number of hydrogen-bond donors (Lipinski definition) is 1. The summed E-state index contributed by atoms with van der Waals surface area (Å²) in [5.74, 6) is 1.89. The zero-order chi connectivity index (χ0) is 19.8. The van der Waals surface area contributed by atoms with E-state index in [4.69, 9.17) is 34.4 Å². The minimum atomic E-state index is -4.29. The highest BCUT2D eigenvalue weighted by molar-refractivity contribution is 8.02.